The van der Waals surface area contributed by atoms with Crippen molar-refractivity contribution in [2.45, 2.75) is 33.4 Å². The number of amides is 2. The summed E-state index contributed by atoms with van der Waals surface area (Å²) in [6.45, 7) is 5.84. The number of hydrogen-bond acceptors (Lipinski definition) is 2. The lowest BCUT2D eigenvalue weighted by Crippen LogP contribution is -2.48. The summed E-state index contributed by atoms with van der Waals surface area (Å²) >= 11 is 0. The van der Waals surface area contributed by atoms with Crippen molar-refractivity contribution >= 4 is 12.0 Å². The number of carbonyl (C=O) groups excluding carboxylic acids is 1. The highest BCUT2D eigenvalue weighted by molar-refractivity contribution is 5.82. The Morgan fingerprint density at radius 3 is 2.42 bits per heavy atom. The van der Waals surface area contributed by atoms with Crippen molar-refractivity contribution in [1.82, 2.24) is 10.6 Å². The number of carbonyl (C=O) groups is 2. The summed E-state index contributed by atoms with van der Waals surface area (Å²) in [6.07, 6.45) is 0. The molecule has 0 unspecified atom stereocenters. The van der Waals surface area contributed by atoms with Gasteiger partial charge in [0.1, 0.15) is 6.04 Å². The van der Waals surface area contributed by atoms with E-state index in [-0.39, 0.29) is 5.92 Å². The topological polar surface area (TPSA) is 78.4 Å². The summed E-state index contributed by atoms with van der Waals surface area (Å²) in [5.41, 5.74) is 2.09. The Morgan fingerprint density at radius 2 is 1.89 bits per heavy atom. The minimum Gasteiger partial charge on any atom is -0.480 e. The fraction of sp³-hybridized carbons (Fsp3) is 0.429. The van der Waals surface area contributed by atoms with Crippen LogP contribution in [0.4, 0.5) is 4.79 Å². The van der Waals surface area contributed by atoms with Gasteiger partial charge >= 0.3 is 12.0 Å². The minimum atomic E-state index is -1.03. The van der Waals surface area contributed by atoms with Crippen molar-refractivity contribution in [3.8, 4) is 0 Å². The van der Waals surface area contributed by atoms with E-state index in [2.05, 4.69) is 10.6 Å². The summed E-state index contributed by atoms with van der Waals surface area (Å²) in [5, 5.41) is 14.1. The summed E-state index contributed by atoms with van der Waals surface area (Å²) < 4.78 is 0. The molecule has 104 valence electrons. The molecule has 0 aliphatic heterocycles. The van der Waals surface area contributed by atoms with E-state index in [1.807, 2.05) is 31.2 Å². The van der Waals surface area contributed by atoms with Crippen LogP contribution in [0.5, 0.6) is 0 Å². The molecule has 1 atom stereocenters. The number of aliphatic carboxylic acids is 1. The number of aryl methyl sites for hydroxylation is 1. The molecule has 0 heterocycles. The highest BCUT2D eigenvalue weighted by Gasteiger charge is 2.23. The summed E-state index contributed by atoms with van der Waals surface area (Å²) in [6, 6.07) is 6.37. The number of rotatable bonds is 5. The van der Waals surface area contributed by atoms with Gasteiger partial charge in [-0.15, -0.1) is 0 Å². The van der Waals surface area contributed by atoms with Crippen LogP contribution in [0, 0.1) is 12.8 Å². The van der Waals surface area contributed by atoms with Gasteiger partial charge in [0.25, 0.3) is 0 Å². The second-order valence-corrected chi connectivity index (χ2v) is 4.81. The number of benzene rings is 1. The van der Waals surface area contributed by atoms with Crippen LogP contribution in [-0.2, 0) is 11.3 Å². The second-order valence-electron chi connectivity index (χ2n) is 4.81. The lowest BCUT2D eigenvalue weighted by Gasteiger charge is -2.18. The molecule has 0 fully saturated rings. The Bertz CT molecular complexity index is 458. The SMILES string of the molecule is Cc1ccccc1CNC(=O)N[C@@H](C(=O)O)C(C)C. The van der Waals surface area contributed by atoms with Gasteiger partial charge < -0.3 is 15.7 Å². The minimum absolute atomic E-state index is 0.165. The molecule has 19 heavy (non-hydrogen) atoms. The summed E-state index contributed by atoms with van der Waals surface area (Å²) in [4.78, 5) is 22.6. The van der Waals surface area contributed by atoms with Crippen LogP contribution in [0.2, 0.25) is 0 Å². The lowest BCUT2D eigenvalue weighted by molar-refractivity contribution is -0.140. The summed E-state index contributed by atoms with van der Waals surface area (Å²) in [5.74, 6) is -1.19. The van der Waals surface area contributed by atoms with E-state index < -0.39 is 18.0 Å². The van der Waals surface area contributed by atoms with Crippen molar-refractivity contribution in [2.24, 2.45) is 5.92 Å². The Kier molecular flexibility index (Phi) is 5.36. The van der Waals surface area contributed by atoms with Crippen molar-refractivity contribution < 1.29 is 14.7 Å². The van der Waals surface area contributed by atoms with Gasteiger partial charge in [-0.2, -0.15) is 0 Å². The van der Waals surface area contributed by atoms with E-state index in [1.165, 1.54) is 0 Å². The molecule has 1 aromatic carbocycles. The number of nitrogens with one attached hydrogen (secondary N) is 2. The molecule has 1 rings (SSSR count). The van der Waals surface area contributed by atoms with E-state index in [9.17, 15) is 9.59 Å². The first-order chi connectivity index (χ1) is 8.91. The molecule has 3 N–H and O–H groups in total. The molecule has 1 aromatic rings. The highest BCUT2D eigenvalue weighted by atomic mass is 16.4. The maximum atomic E-state index is 11.7. The largest absolute Gasteiger partial charge is 0.480 e. The Balaban J connectivity index is 2.52. The van der Waals surface area contributed by atoms with Gasteiger partial charge in [0.05, 0.1) is 0 Å². The van der Waals surface area contributed by atoms with Crippen molar-refractivity contribution in [3.63, 3.8) is 0 Å². The first kappa shape index (κ1) is 15.0. The van der Waals surface area contributed by atoms with E-state index in [0.717, 1.165) is 11.1 Å². The van der Waals surface area contributed by atoms with E-state index in [4.69, 9.17) is 5.11 Å². The third-order valence-electron chi connectivity index (χ3n) is 2.92. The van der Waals surface area contributed by atoms with E-state index in [1.54, 1.807) is 13.8 Å². The number of urea groups is 1. The normalized spacial score (nSPS) is 12.0. The predicted octanol–water partition coefficient (Wildman–Crippen LogP) is 1.90. The molecule has 0 saturated carbocycles. The molecule has 0 bridgehead atoms. The zero-order chi connectivity index (χ0) is 14.4. The number of carboxylic acids is 1. The standard InChI is InChI=1S/C14H20N2O3/c1-9(2)12(13(17)18)16-14(19)15-8-11-7-5-4-6-10(11)3/h4-7,9,12H,8H2,1-3H3,(H,17,18)(H2,15,16,19)/t12-/m1/s1. The Hall–Kier alpha value is -2.04. The highest BCUT2D eigenvalue weighted by Crippen LogP contribution is 2.06. The van der Waals surface area contributed by atoms with Crippen molar-refractivity contribution in [2.75, 3.05) is 0 Å². The molecule has 0 aromatic heterocycles. The number of carboxylic acid groups (broad SMARTS) is 1. The molecule has 2 amide bonds. The molecule has 0 aliphatic carbocycles. The van der Waals surface area contributed by atoms with Crippen LogP contribution < -0.4 is 10.6 Å². The van der Waals surface area contributed by atoms with Crippen LogP contribution in [0.3, 0.4) is 0 Å². The van der Waals surface area contributed by atoms with Gasteiger partial charge in [-0.3, -0.25) is 0 Å². The summed E-state index contributed by atoms with van der Waals surface area (Å²) in [7, 11) is 0. The second kappa shape index (κ2) is 6.78. The van der Waals surface area contributed by atoms with Gasteiger partial charge in [0.2, 0.25) is 0 Å². The van der Waals surface area contributed by atoms with Crippen LogP contribution in [0.15, 0.2) is 24.3 Å². The van der Waals surface area contributed by atoms with Gasteiger partial charge in [-0.25, -0.2) is 9.59 Å². The van der Waals surface area contributed by atoms with Crippen molar-refractivity contribution in [3.05, 3.63) is 35.4 Å². The third-order valence-corrected chi connectivity index (χ3v) is 2.92. The van der Waals surface area contributed by atoms with E-state index in [0.29, 0.717) is 6.54 Å². The van der Waals surface area contributed by atoms with Gasteiger partial charge in [-0.05, 0) is 24.0 Å². The van der Waals surface area contributed by atoms with Gasteiger partial charge in [0.15, 0.2) is 0 Å². The molecule has 0 radical (unpaired) electrons. The smallest absolute Gasteiger partial charge is 0.326 e. The quantitative estimate of drug-likeness (QED) is 0.760. The molecular weight excluding hydrogens is 244 g/mol. The first-order valence-electron chi connectivity index (χ1n) is 6.23. The molecular formula is C14H20N2O3. The first-order valence-corrected chi connectivity index (χ1v) is 6.23. The Morgan fingerprint density at radius 1 is 1.26 bits per heavy atom. The van der Waals surface area contributed by atoms with Crippen molar-refractivity contribution in [1.29, 1.82) is 0 Å². The van der Waals surface area contributed by atoms with Crippen LogP contribution >= 0.6 is 0 Å². The lowest BCUT2D eigenvalue weighted by atomic mass is 10.1. The maximum Gasteiger partial charge on any atom is 0.326 e. The zero-order valence-electron chi connectivity index (χ0n) is 11.4. The molecule has 5 nitrogen and oxygen atoms in total. The molecule has 5 heteroatoms. The van der Waals surface area contributed by atoms with Crippen LogP contribution in [0.1, 0.15) is 25.0 Å². The molecule has 0 spiro atoms. The van der Waals surface area contributed by atoms with Crippen LogP contribution in [0.25, 0.3) is 0 Å². The molecule has 0 aliphatic rings. The molecule has 0 saturated heterocycles. The van der Waals surface area contributed by atoms with Gasteiger partial charge in [-0.1, -0.05) is 38.1 Å². The Labute approximate surface area is 113 Å². The van der Waals surface area contributed by atoms with Gasteiger partial charge in [0, 0.05) is 6.54 Å². The fourth-order valence-corrected chi connectivity index (χ4v) is 1.69. The van der Waals surface area contributed by atoms with Crippen LogP contribution in [-0.4, -0.2) is 23.1 Å². The van der Waals surface area contributed by atoms with E-state index >= 15 is 0 Å². The average Bonchev–Trinajstić information content (AvgIpc) is 2.34. The fourth-order valence-electron chi connectivity index (χ4n) is 1.69. The predicted molar refractivity (Wildman–Crippen MR) is 72.8 cm³/mol. The number of hydrogen-bond donors (Lipinski definition) is 3. The monoisotopic (exact) mass is 264 g/mol. The maximum absolute atomic E-state index is 11.7. The zero-order valence-corrected chi connectivity index (χ0v) is 11.4. The third kappa shape index (κ3) is 4.62. The average molecular weight is 264 g/mol.